The van der Waals surface area contributed by atoms with Gasteiger partial charge in [-0.15, -0.1) is 11.3 Å². The molecule has 0 bridgehead atoms. The Hall–Kier alpha value is -2.25. The molecule has 1 aromatic carbocycles. The largest absolute Gasteiger partial charge is 0.477 e. The third-order valence-corrected chi connectivity index (χ3v) is 7.81. The van der Waals surface area contributed by atoms with Gasteiger partial charge in [0.25, 0.3) is 0 Å². The first-order valence-corrected chi connectivity index (χ1v) is 10.8. The molecule has 3 aliphatic rings. The van der Waals surface area contributed by atoms with E-state index in [0.717, 1.165) is 16.9 Å². The number of aromatic carboxylic acids is 1. The van der Waals surface area contributed by atoms with Gasteiger partial charge in [0, 0.05) is 30.0 Å². The Labute approximate surface area is 172 Å². The third kappa shape index (κ3) is 2.90. The van der Waals surface area contributed by atoms with Crippen molar-refractivity contribution in [2.24, 2.45) is 0 Å². The lowest BCUT2D eigenvalue weighted by atomic mass is 9.81. The van der Waals surface area contributed by atoms with E-state index in [0.29, 0.717) is 55.8 Å². The monoisotopic (exact) mass is 415 g/mol. The highest BCUT2D eigenvalue weighted by molar-refractivity contribution is 7.14. The van der Waals surface area contributed by atoms with Crippen LogP contribution in [0.4, 0.5) is 4.39 Å². The lowest BCUT2D eigenvalue weighted by Gasteiger charge is -2.44. The van der Waals surface area contributed by atoms with Gasteiger partial charge in [-0.3, -0.25) is 4.79 Å². The summed E-state index contributed by atoms with van der Waals surface area (Å²) in [7, 11) is 0. The lowest BCUT2D eigenvalue weighted by Crippen LogP contribution is -2.50. The van der Waals surface area contributed by atoms with E-state index in [1.54, 1.807) is 24.3 Å². The van der Waals surface area contributed by atoms with Crippen LogP contribution in [0.5, 0.6) is 0 Å². The van der Waals surface area contributed by atoms with E-state index in [1.165, 1.54) is 17.4 Å². The molecule has 1 N–H and O–H groups in total. The average molecular weight is 415 g/mol. The molecule has 0 radical (unpaired) electrons. The highest BCUT2D eigenvalue weighted by Gasteiger charge is 2.55. The van der Waals surface area contributed by atoms with E-state index in [9.17, 15) is 19.1 Å². The number of thiophene rings is 1. The number of hydrogen-bond donors (Lipinski definition) is 1. The predicted octanol–water partition coefficient (Wildman–Crippen LogP) is 3.71. The van der Waals surface area contributed by atoms with Crippen LogP contribution in [-0.4, -0.2) is 41.6 Å². The van der Waals surface area contributed by atoms with Gasteiger partial charge in [0.1, 0.15) is 10.7 Å². The molecule has 0 unspecified atom stereocenters. The summed E-state index contributed by atoms with van der Waals surface area (Å²) >= 11 is 1.33. The van der Waals surface area contributed by atoms with Gasteiger partial charge in [0.05, 0.1) is 17.6 Å². The number of hydrogen-bond acceptors (Lipinski definition) is 4. The van der Waals surface area contributed by atoms with Crippen molar-refractivity contribution in [1.82, 2.24) is 4.90 Å². The first kappa shape index (κ1) is 18.8. The second-order valence-corrected chi connectivity index (χ2v) is 9.34. The van der Waals surface area contributed by atoms with E-state index in [1.807, 2.05) is 4.90 Å². The quantitative estimate of drug-likeness (QED) is 0.830. The number of nitrogens with zero attached hydrogens (tertiary/aromatic N) is 1. The number of carboxylic acid groups (broad SMARTS) is 1. The normalized spacial score (nSPS) is 21.6. The molecule has 5 rings (SSSR count). The van der Waals surface area contributed by atoms with Crippen molar-refractivity contribution < 1.29 is 23.8 Å². The van der Waals surface area contributed by atoms with Crippen molar-refractivity contribution in [3.63, 3.8) is 0 Å². The van der Waals surface area contributed by atoms with Crippen LogP contribution in [0.25, 0.3) is 0 Å². The van der Waals surface area contributed by atoms with Crippen LogP contribution in [0, 0.1) is 5.82 Å². The van der Waals surface area contributed by atoms with Crippen molar-refractivity contribution >= 4 is 23.2 Å². The minimum atomic E-state index is -0.910. The smallest absolute Gasteiger partial charge is 0.345 e. The molecule has 152 valence electrons. The van der Waals surface area contributed by atoms with Gasteiger partial charge in [-0.1, -0.05) is 18.2 Å². The van der Waals surface area contributed by atoms with Crippen LogP contribution < -0.4 is 0 Å². The zero-order valence-corrected chi connectivity index (χ0v) is 16.8. The van der Waals surface area contributed by atoms with Crippen LogP contribution in [0.3, 0.4) is 0 Å². The van der Waals surface area contributed by atoms with Crippen LogP contribution in [0.1, 0.15) is 51.4 Å². The summed E-state index contributed by atoms with van der Waals surface area (Å²) in [5.41, 5.74) is 0.259. The lowest BCUT2D eigenvalue weighted by molar-refractivity contribution is -0.143. The molecule has 5 nitrogen and oxygen atoms in total. The number of halogens is 1. The SMILES string of the molecule is O=C(O)c1cc2c(s1)CCOC21CCN(C(=O)C2(c3ccccc3F)CC2)CC1. The minimum absolute atomic E-state index is 0.00465. The molecule has 29 heavy (non-hydrogen) atoms. The number of benzene rings is 1. The summed E-state index contributed by atoms with van der Waals surface area (Å²) in [5, 5.41) is 9.35. The number of carboxylic acids is 1. The fraction of sp³-hybridized carbons (Fsp3) is 0.455. The molecule has 2 aliphatic heterocycles. The van der Waals surface area contributed by atoms with Crippen molar-refractivity contribution in [3.8, 4) is 0 Å². The van der Waals surface area contributed by atoms with E-state index in [2.05, 4.69) is 0 Å². The first-order valence-electron chi connectivity index (χ1n) is 10.0. The van der Waals surface area contributed by atoms with E-state index >= 15 is 0 Å². The molecule has 7 heteroatoms. The van der Waals surface area contributed by atoms with Crippen LogP contribution in [0.15, 0.2) is 30.3 Å². The maximum atomic E-state index is 14.3. The summed E-state index contributed by atoms with van der Waals surface area (Å²) in [6, 6.07) is 8.32. The molecular formula is C22H22FNO4S. The second kappa shape index (κ2) is 6.64. The molecule has 1 amide bonds. The molecule has 3 heterocycles. The minimum Gasteiger partial charge on any atom is -0.477 e. The molecule has 2 aromatic rings. The molecular weight excluding hydrogens is 393 g/mol. The maximum Gasteiger partial charge on any atom is 0.345 e. The summed E-state index contributed by atoms with van der Waals surface area (Å²) in [6.07, 6.45) is 3.36. The fourth-order valence-corrected chi connectivity index (χ4v) is 5.95. The number of carbonyl (C=O) groups is 2. The zero-order chi connectivity index (χ0) is 20.2. The Morgan fingerprint density at radius 1 is 1.10 bits per heavy atom. The topological polar surface area (TPSA) is 66.8 Å². The Bertz CT molecular complexity index is 988. The van der Waals surface area contributed by atoms with Gasteiger partial charge in [0.2, 0.25) is 5.91 Å². The number of fused-ring (bicyclic) bond motifs is 2. The number of ether oxygens (including phenoxy) is 1. The summed E-state index contributed by atoms with van der Waals surface area (Å²) in [6.45, 7) is 1.64. The highest BCUT2D eigenvalue weighted by atomic mass is 32.1. The van der Waals surface area contributed by atoms with Crippen molar-refractivity contribution in [1.29, 1.82) is 0 Å². The molecule has 1 aromatic heterocycles. The Balaban J connectivity index is 1.36. The van der Waals surface area contributed by atoms with Gasteiger partial charge in [-0.2, -0.15) is 0 Å². The fourth-order valence-electron chi connectivity index (χ4n) is 4.88. The summed E-state index contributed by atoms with van der Waals surface area (Å²) < 4.78 is 20.5. The van der Waals surface area contributed by atoms with Crippen molar-refractivity contribution in [2.75, 3.05) is 19.7 Å². The van der Waals surface area contributed by atoms with E-state index < -0.39 is 17.0 Å². The Morgan fingerprint density at radius 2 is 1.83 bits per heavy atom. The van der Waals surface area contributed by atoms with E-state index in [4.69, 9.17) is 4.74 Å². The molecule has 1 aliphatic carbocycles. The summed E-state index contributed by atoms with van der Waals surface area (Å²) in [5.74, 6) is -1.22. The molecule has 1 saturated heterocycles. The van der Waals surface area contributed by atoms with Gasteiger partial charge in [0.15, 0.2) is 0 Å². The molecule has 0 atom stereocenters. The van der Waals surface area contributed by atoms with E-state index in [-0.39, 0.29) is 11.7 Å². The molecule has 2 fully saturated rings. The number of carbonyl (C=O) groups excluding carboxylic acids is 1. The Kier molecular flexibility index (Phi) is 4.29. The van der Waals surface area contributed by atoms with Crippen LogP contribution >= 0.6 is 11.3 Å². The predicted molar refractivity (Wildman–Crippen MR) is 106 cm³/mol. The second-order valence-electron chi connectivity index (χ2n) is 8.20. The molecule has 1 spiro atoms. The van der Waals surface area contributed by atoms with Gasteiger partial charge < -0.3 is 14.7 Å². The van der Waals surface area contributed by atoms with Crippen LogP contribution in [-0.2, 0) is 27.0 Å². The van der Waals surface area contributed by atoms with Crippen LogP contribution in [0.2, 0.25) is 0 Å². The standard InChI is InChI=1S/C22H22FNO4S/c23-16-4-2-1-3-14(16)21(6-7-21)20(27)24-10-8-22(9-11-24)15-13-18(19(25)26)29-17(15)5-12-28-22/h1-4,13H,5-12H2,(H,25,26). The number of likely N-dealkylation sites (tertiary alicyclic amines) is 1. The Morgan fingerprint density at radius 3 is 2.48 bits per heavy atom. The number of amides is 1. The summed E-state index contributed by atoms with van der Waals surface area (Å²) in [4.78, 5) is 27.9. The average Bonchev–Trinajstić information content (AvgIpc) is 3.39. The first-order chi connectivity index (χ1) is 14.0. The maximum absolute atomic E-state index is 14.3. The highest BCUT2D eigenvalue weighted by Crippen LogP contribution is 2.52. The third-order valence-electron chi connectivity index (χ3n) is 6.63. The zero-order valence-electron chi connectivity index (χ0n) is 15.9. The molecule has 1 saturated carbocycles. The van der Waals surface area contributed by atoms with Gasteiger partial charge in [-0.25, -0.2) is 9.18 Å². The van der Waals surface area contributed by atoms with Crippen molar-refractivity contribution in [3.05, 3.63) is 57.0 Å². The van der Waals surface area contributed by atoms with Crippen molar-refractivity contribution in [2.45, 2.75) is 43.1 Å². The number of rotatable bonds is 3. The van der Waals surface area contributed by atoms with Gasteiger partial charge >= 0.3 is 5.97 Å². The van der Waals surface area contributed by atoms with Gasteiger partial charge in [-0.05, 0) is 43.4 Å². The number of piperidine rings is 1.